The molecule has 6 nitrogen and oxygen atoms in total. The Morgan fingerprint density at radius 1 is 1.15 bits per heavy atom. The van der Waals surface area contributed by atoms with Gasteiger partial charge < -0.3 is 19.9 Å². The van der Waals surface area contributed by atoms with Gasteiger partial charge in [-0.1, -0.05) is 12.5 Å². The predicted octanol–water partition coefficient (Wildman–Crippen LogP) is 3.55. The summed E-state index contributed by atoms with van der Waals surface area (Å²) < 4.78 is 11.1. The molecule has 1 saturated carbocycles. The Kier molecular flexibility index (Phi) is 6.89. The zero-order chi connectivity index (χ0) is 19.3. The fourth-order valence-corrected chi connectivity index (χ4v) is 3.37. The largest absolute Gasteiger partial charge is 0.493 e. The molecule has 0 heterocycles. The highest BCUT2D eigenvalue weighted by Gasteiger charge is 2.31. The molecule has 0 saturated heterocycles. The Morgan fingerprint density at radius 2 is 1.85 bits per heavy atom. The second kappa shape index (κ2) is 8.92. The molecule has 144 valence electrons. The minimum Gasteiger partial charge on any atom is -0.493 e. The maximum Gasteiger partial charge on any atom is 0.306 e. The van der Waals surface area contributed by atoms with Gasteiger partial charge in [0.1, 0.15) is 0 Å². The zero-order valence-electron chi connectivity index (χ0n) is 16.0. The molecule has 0 aliphatic heterocycles. The van der Waals surface area contributed by atoms with Gasteiger partial charge in [-0.2, -0.15) is 0 Å². The first-order chi connectivity index (χ1) is 12.3. The van der Waals surface area contributed by atoms with Gasteiger partial charge in [0.15, 0.2) is 11.5 Å². The molecular formula is C20H29NO5. The standard InChI is InChI=1S/C20H29NO5/c1-12(2)26-17-9-8-14(11-18(17)25-4)13(3)21-19(22)15-6-5-7-16(10-15)20(23)24/h8-9,11-13,15-16H,5-7,10H2,1-4H3,(H,21,22)(H,23,24). The zero-order valence-corrected chi connectivity index (χ0v) is 16.0. The smallest absolute Gasteiger partial charge is 0.306 e. The molecule has 2 N–H and O–H groups in total. The van der Waals surface area contributed by atoms with Gasteiger partial charge in [0, 0.05) is 5.92 Å². The van der Waals surface area contributed by atoms with E-state index >= 15 is 0 Å². The highest BCUT2D eigenvalue weighted by Crippen LogP contribution is 2.32. The molecule has 1 amide bonds. The van der Waals surface area contributed by atoms with Crippen molar-refractivity contribution in [3.05, 3.63) is 23.8 Å². The average Bonchev–Trinajstić information content (AvgIpc) is 2.61. The van der Waals surface area contributed by atoms with Gasteiger partial charge in [-0.05, 0) is 57.7 Å². The van der Waals surface area contributed by atoms with Gasteiger partial charge >= 0.3 is 5.97 Å². The number of amides is 1. The molecule has 1 fully saturated rings. The highest BCUT2D eigenvalue weighted by atomic mass is 16.5. The number of benzene rings is 1. The lowest BCUT2D eigenvalue weighted by Crippen LogP contribution is -2.36. The van der Waals surface area contributed by atoms with E-state index in [4.69, 9.17) is 9.47 Å². The second-order valence-corrected chi connectivity index (χ2v) is 7.21. The molecule has 1 aliphatic rings. The van der Waals surface area contributed by atoms with E-state index in [0.29, 0.717) is 24.3 Å². The van der Waals surface area contributed by atoms with Crippen LogP contribution in [0.1, 0.15) is 58.1 Å². The van der Waals surface area contributed by atoms with E-state index in [9.17, 15) is 14.7 Å². The maximum atomic E-state index is 12.6. The van der Waals surface area contributed by atoms with E-state index in [1.807, 2.05) is 39.0 Å². The molecule has 0 bridgehead atoms. The summed E-state index contributed by atoms with van der Waals surface area (Å²) in [6.07, 6.45) is 2.63. The number of carbonyl (C=O) groups is 2. The van der Waals surface area contributed by atoms with Crippen LogP contribution in [0.3, 0.4) is 0 Å². The minimum absolute atomic E-state index is 0.0420. The third-order valence-electron chi connectivity index (χ3n) is 4.80. The SMILES string of the molecule is COc1cc(C(C)NC(=O)C2CCCC(C(=O)O)C2)ccc1OC(C)C. The summed E-state index contributed by atoms with van der Waals surface area (Å²) >= 11 is 0. The topological polar surface area (TPSA) is 84.9 Å². The molecule has 3 atom stereocenters. The highest BCUT2D eigenvalue weighted by molar-refractivity contribution is 5.80. The Morgan fingerprint density at radius 3 is 2.46 bits per heavy atom. The maximum absolute atomic E-state index is 12.6. The molecule has 1 aliphatic carbocycles. The van der Waals surface area contributed by atoms with Crippen LogP contribution in [0.4, 0.5) is 0 Å². The minimum atomic E-state index is -0.805. The fourth-order valence-electron chi connectivity index (χ4n) is 3.37. The summed E-state index contributed by atoms with van der Waals surface area (Å²) in [5, 5.41) is 12.2. The number of methoxy groups -OCH3 is 1. The van der Waals surface area contributed by atoms with Crippen LogP contribution in [0.15, 0.2) is 18.2 Å². The number of nitrogens with one attached hydrogen (secondary N) is 1. The van der Waals surface area contributed by atoms with Crippen molar-refractivity contribution < 1.29 is 24.2 Å². The Labute approximate surface area is 154 Å². The summed E-state index contributed by atoms with van der Waals surface area (Å²) in [6.45, 7) is 5.81. The number of carboxylic acid groups (broad SMARTS) is 1. The van der Waals surface area contributed by atoms with E-state index in [-0.39, 0.29) is 24.0 Å². The Bertz CT molecular complexity index is 643. The monoisotopic (exact) mass is 363 g/mol. The van der Waals surface area contributed by atoms with E-state index in [1.165, 1.54) is 0 Å². The average molecular weight is 363 g/mol. The molecule has 0 radical (unpaired) electrons. The van der Waals surface area contributed by atoms with E-state index < -0.39 is 11.9 Å². The predicted molar refractivity (Wildman–Crippen MR) is 98.4 cm³/mol. The second-order valence-electron chi connectivity index (χ2n) is 7.21. The molecular weight excluding hydrogens is 334 g/mol. The number of carbonyl (C=O) groups excluding carboxylic acids is 1. The van der Waals surface area contributed by atoms with Crippen molar-refractivity contribution in [2.45, 2.75) is 58.6 Å². The Balaban J connectivity index is 2.03. The van der Waals surface area contributed by atoms with Crippen molar-refractivity contribution in [3.63, 3.8) is 0 Å². The third kappa shape index (κ3) is 5.13. The number of hydrogen-bond donors (Lipinski definition) is 2. The Hall–Kier alpha value is -2.24. The number of hydrogen-bond acceptors (Lipinski definition) is 4. The van der Waals surface area contributed by atoms with E-state index in [1.54, 1.807) is 7.11 Å². The number of ether oxygens (including phenoxy) is 2. The van der Waals surface area contributed by atoms with Crippen LogP contribution >= 0.6 is 0 Å². The van der Waals surface area contributed by atoms with Crippen LogP contribution in [-0.4, -0.2) is 30.2 Å². The first kappa shape index (κ1) is 20.1. The van der Waals surface area contributed by atoms with Crippen molar-refractivity contribution >= 4 is 11.9 Å². The van der Waals surface area contributed by atoms with Gasteiger partial charge in [0.25, 0.3) is 0 Å². The first-order valence-corrected chi connectivity index (χ1v) is 9.19. The first-order valence-electron chi connectivity index (χ1n) is 9.19. The van der Waals surface area contributed by atoms with Crippen molar-refractivity contribution in [2.24, 2.45) is 11.8 Å². The number of aliphatic carboxylic acids is 1. The summed E-state index contributed by atoms with van der Waals surface area (Å²) in [5.74, 6) is -0.242. The molecule has 26 heavy (non-hydrogen) atoms. The lowest BCUT2D eigenvalue weighted by Gasteiger charge is -2.27. The van der Waals surface area contributed by atoms with Gasteiger partial charge in [0.05, 0.1) is 25.2 Å². The van der Waals surface area contributed by atoms with Crippen LogP contribution < -0.4 is 14.8 Å². The normalized spacial score (nSPS) is 21.1. The summed E-state index contributed by atoms with van der Waals surface area (Å²) in [4.78, 5) is 23.7. The van der Waals surface area contributed by atoms with Crippen LogP contribution in [0, 0.1) is 11.8 Å². The molecule has 0 spiro atoms. The lowest BCUT2D eigenvalue weighted by molar-refractivity contribution is -0.144. The van der Waals surface area contributed by atoms with Crippen LogP contribution in [-0.2, 0) is 9.59 Å². The van der Waals surface area contributed by atoms with Crippen LogP contribution in [0.25, 0.3) is 0 Å². The van der Waals surface area contributed by atoms with E-state index in [0.717, 1.165) is 18.4 Å². The van der Waals surface area contributed by atoms with Gasteiger partial charge in [-0.15, -0.1) is 0 Å². The molecule has 6 heteroatoms. The van der Waals surface area contributed by atoms with E-state index in [2.05, 4.69) is 5.32 Å². The molecule has 1 aromatic carbocycles. The third-order valence-corrected chi connectivity index (χ3v) is 4.80. The number of rotatable bonds is 7. The van der Waals surface area contributed by atoms with Gasteiger partial charge in [0.2, 0.25) is 5.91 Å². The molecule has 1 aromatic rings. The van der Waals surface area contributed by atoms with Gasteiger partial charge in [-0.3, -0.25) is 9.59 Å². The van der Waals surface area contributed by atoms with Crippen LogP contribution in [0.2, 0.25) is 0 Å². The van der Waals surface area contributed by atoms with Crippen LogP contribution in [0.5, 0.6) is 11.5 Å². The van der Waals surface area contributed by atoms with Gasteiger partial charge in [-0.25, -0.2) is 0 Å². The summed E-state index contributed by atoms with van der Waals surface area (Å²) in [5.41, 5.74) is 0.914. The number of carboxylic acids is 1. The lowest BCUT2D eigenvalue weighted by atomic mass is 9.81. The fraction of sp³-hybridized carbons (Fsp3) is 0.600. The molecule has 0 aromatic heterocycles. The van der Waals surface area contributed by atoms with Crippen molar-refractivity contribution in [2.75, 3.05) is 7.11 Å². The molecule has 2 rings (SSSR count). The molecule has 3 unspecified atom stereocenters. The summed E-state index contributed by atoms with van der Waals surface area (Å²) in [7, 11) is 1.59. The van der Waals surface area contributed by atoms with Crippen molar-refractivity contribution in [1.29, 1.82) is 0 Å². The van der Waals surface area contributed by atoms with Crippen molar-refractivity contribution in [1.82, 2.24) is 5.32 Å². The summed E-state index contributed by atoms with van der Waals surface area (Å²) in [6, 6.07) is 5.42. The van der Waals surface area contributed by atoms with Crippen molar-refractivity contribution in [3.8, 4) is 11.5 Å². The quantitative estimate of drug-likeness (QED) is 0.774.